The number of amides is 1. The number of aryl methyl sites for hydroxylation is 1. The molecule has 0 aliphatic carbocycles. The average molecular weight is 297 g/mol. The molecule has 3 rings (SSSR count). The summed E-state index contributed by atoms with van der Waals surface area (Å²) in [6.07, 6.45) is 2.29. The van der Waals surface area contributed by atoms with Crippen LogP contribution in [0.1, 0.15) is 35.6 Å². The molecule has 1 saturated heterocycles. The molecule has 1 unspecified atom stereocenters. The van der Waals surface area contributed by atoms with Crippen molar-refractivity contribution >= 4 is 5.91 Å². The lowest BCUT2D eigenvalue weighted by Gasteiger charge is -2.26. The van der Waals surface area contributed by atoms with E-state index in [-0.39, 0.29) is 24.2 Å². The normalized spacial score (nSPS) is 17.7. The van der Waals surface area contributed by atoms with Crippen molar-refractivity contribution in [2.45, 2.75) is 32.2 Å². The van der Waals surface area contributed by atoms with Crippen LogP contribution < -0.4 is 0 Å². The summed E-state index contributed by atoms with van der Waals surface area (Å²) in [5, 5.41) is 0. The minimum Gasteiger partial charge on any atom is -0.335 e. The second kappa shape index (κ2) is 6.30. The quantitative estimate of drug-likeness (QED) is 0.837. The summed E-state index contributed by atoms with van der Waals surface area (Å²) in [7, 11) is 0. The van der Waals surface area contributed by atoms with Crippen molar-refractivity contribution in [2.24, 2.45) is 0 Å². The van der Waals surface area contributed by atoms with Gasteiger partial charge in [0.25, 0.3) is 0 Å². The number of likely N-dealkylation sites (tertiary alicyclic amines) is 1. The van der Waals surface area contributed by atoms with E-state index in [0.29, 0.717) is 0 Å². The van der Waals surface area contributed by atoms with Crippen LogP contribution in [0, 0.1) is 12.7 Å². The summed E-state index contributed by atoms with van der Waals surface area (Å²) < 4.78 is 13.3. The molecule has 0 radical (unpaired) electrons. The van der Waals surface area contributed by atoms with Gasteiger partial charge < -0.3 is 4.90 Å². The van der Waals surface area contributed by atoms with Crippen LogP contribution in [-0.4, -0.2) is 17.4 Å². The first-order valence-electron chi connectivity index (χ1n) is 7.74. The van der Waals surface area contributed by atoms with Crippen LogP contribution in [-0.2, 0) is 11.2 Å². The number of hydrogen-bond donors (Lipinski definition) is 0. The summed E-state index contributed by atoms with van der Waals surface area (Å²) in [6.45, 7) is 2.87. The zero-order valence-electron chi connectivity index (χ0n) is 12.8. The Hall–Kier alpha value is -2.16. The van der Waals surface area contributed by atoms with E-state index in [1.54, 1.807) is 12.1 Å². The van der Waals surface area contributed by atoms with E-state index in [2.05, 4.69) is 19.1 Å². The zero-order valence-corrected chi connectivity index (χ0v) is 12.8. The fourth-order valence-corrected chi connectivity index (χ4v) is 3.27. The van der Waals surface area contributed by atoms with Gasteiger partial charge >= 0.3 is 0 Å². The van der Waals surface area contributed by atoms with Gasteiger partial charge in [-0.3, -0.25) is 4.79 Å². The monoisotopic (exact) mass is 297 g/mol. The zero-order chi connectivity index (χ0) is 15.5. The van der Waals surface area contributed by atoms with Gasteiger partial charge in [-0.05, 0) is 48.6 Å². The van der Waals surface area contributed by atoms with Gasteiger partial charge in [0.15, 0.2) is 0 Å². The van der Waals surface area contributed by atoms with Crippen molar-refractivity contribution in [2.75, 3.05) is 6.54 Å². The Morgan fingerprint density at radius 3 is 2.82 bits per heavy atom. The van der Waals surface area contributed by atoms with Crippen LogP contribution in [0.4, 0.5) is 4.39 Å². The molecule has 0 aromatic heterocycles. The predicted octanol–water partition coefficient (Wildman–Crippen LogP) is 4.04. The van der Waals surface area contributed by atoms with Gasteiger partial charge in [0, 0.05) is 6.54 Å². The number of rotatable bonds is 3. The number of carbonyl (C=O) groups excluding carboxylic acids is 1. The lowest BCUT2D eigenvalue weighted by atomic mass is 9.99. The second-order valence-corrected chi connectivity index (χ2v) is 5.91. The first-order chi connectivity index (χ1) is 10.6. The first-order valence-corrected chi connectivity index (χ1v) is 7.74. The summed E-state index contributed by atoms with van der Waals surface area (Å²) in [5.74, 6) is -0.210. The van der Waals surface area contributed by atoms with Gasteiger partial charge in [-0.15, -0.1) is 0 Å². The highest BCUT2D eigenvalue weighted by Gasteiger charge is 2.30. The van der Waals surface area contributed by atoms with Crippen LogP contribution >= 0.6 is 0 Å². The Balaban J connectivity index is 1.78. The fraction of sp³-hybridized carbons (Fsp3) is 0.316. The molecule has 22 heavy (non-hydrogen) atoms. The Labute approximate surface area is 130 Å². The maximum Gasteiger partial charge on any atom is 0.227 e. The molecule has 1 atom stereocenters. The van der Waals surface area contributed by atoms with E-state index < -0.39 is 0 Å². The predicted molar refractivity (Wildman–Crippen MR) is 85.0 cm³/mol. The van der Waals surface area contributed by atoms with Crippen LogP contribution in [0.3, 0.4) is 0 Å². The average Bonchev–Trinajstić information content (AvgIpc) is 2.97. The van der Waals surface area contributed by atoms with Crippen molar-refractivity contribution in [1.29, 1.82) is 0 Å². The smallest absolute Gasteiger partial charge is 0.227 e. The molecule has 1 fully saturated rings. The van der Waals surface area contributed by atoms with Gasteiger partial charge in [-0.1, -0.05) is 36.4 Å². The second-order valence-electron chi connectivity index (χ2n) is 5.91. The third kappa shape index (κ3) is 3.03. The standard InChI is InChI=1S/C19H20FNO/c1-14-6-2-3-9-17(14)18-10-5-11-21(18)19(22)13-15-7-4-8-16(20)12-15/h2-4,6-9,12,18H,5,10-11,13H2,1H3. The maximum atomic E-state index is 13.3. The number of halogens is 1. The molecule has 2 aromatic carbocycles. The van der Waals surface area contributed by atoms with Crippen molar-refractivity contribution in [3.05, 3.63) is 71.0 Å². The largest absolute Gasteiger partial charge is 0.335 e. The molecule has 1 aliphatic heterocycles. The van der Waals surface area contributed by atoms with Crippen LogP contribution in [0.25, 0.3) is 0 Å². The van der Waals surface area contributed by atoms with Crippen LogP contribution in [0.15, 0.2) is 48.5 Å². The number of nitrogens with zero attached hydrogens (tertiary/aromatic N) is 1. The molecule has 1 heterocycles. The molecule has 3 heteroatoms. The van der Waals surface area contributed by atoms with Gasteiger partial charge in [0.2, 0.25) is 5.91 Å². The van der Waals surface area contributed by atoms with E-state index in [0.717, 1.165) is 24.9 Å². The number of carbonyl (C=O) groups is 1. The Kier molecular flexibility index (Phi) is 4.23. The molecular weight excluding hydrogens is 277 g/mol. The number of hydrogen-bond acceptors (Lipinski definition) is 1. The highest BCUT2D eigenvalue weighted by atomic mass is 19.1. The van der Waals surface area contributed by atoms with Gasteiger partial charge in [-0.25, -0.2) is 4.39 Å². The SMILES string of the molecule is Cc1ccccc1C1CCCN1C(=O)Cc1cccc(F)c1. The molecule has 0 spiro atoms. The third-order valence-corrected chi connectivity index (χ3v) is 4.36. The van der Waals surface area contributed by atoms with E-state index in [1.165, 1.54) is 23.3 Å². The van der Waals surface area contributed by atoms with Gasteiger partial charge in [0.1, 0.15) is 5.82 Å². The van der Waals surface area contributed by atoms with Crippen LogP contribution in [0.5, 0.6) is 0 Å². The van der Waals surface area contributed by atoms with E-state index in [9.17, 15) is 9.18 Å². The third-order valence-electron chi connectivity index (χ3n) is 4.36. The lowest BCUT2D eigenvalue weighted by molar-refractivity contribution is -0.131. The van der Waals surface area contributed by atoms with Gasteiger partial charge in [-0.2, -0.15) is 0 Å². The Morgan fingerprint density at radius 1 is 1.23 bits per heavy atom. The molecule has 0 bridgehead atoms. The summed E-state index contributed by atoms with van der Waals surface area (Å²) >= 11 is 0. The Morgan fingerprint density at radius 2 is 2.05 bits per heavy atom. The molecule has 2 aromatic rings. The van der Waals surface area contributed by atoms with E-state index in [1.807, 2.05) is 17.0 Å². The summed E-state index contributed by atoms with van der Waals surface area (Å²) in [6, 6.07) is 14.7. The summed E-state index contributed by atoms with van der Waals surface area (Å²) in [5.41, 5.74) is 3.19. The molecule has 2 nitrogen and oxygen atoms in total. The highest BCUT2D eigenvalue weighted by molar-refractivity contribution is 5.79. The molecular formula is C19H20FNO. The minimum atomic E-state index is -0.290. The molecule has 0 N–H and O–H groups in total. The van der Waals surface area contributed by atoms with Crippen molar-refractivity contribution in [3.8, 4) is 0 Å². The lowest BCUT2D eigenvalue weighted by Crippen LogP contribution is -2.32. The van der Waals surface area contributed by atoms with Crippen molar-refractivity contribution in [1.82, 2.24) is 4.90 Å². The molecule has 1 aliphatic rings. The molecule has 1 amide bonds. The first kappa shape index (κ1) is 14.8. The summed E-state index contributed by atoms with van der Waals surface area (Å²) in [4.78, 5) is 14.6. The fourth-order valence-electron chi connectivity index (χ4n) is 3.27. The number of benzene rings is 2. The molecule has 114 valence electrons. The van der Waals surface area contributed by atoms with Crippen molar-refractivity contribution in [3.63, 3.8) is 0 Å². The van der Waals surface area contributed by atoms with E-state index >= 15 is 0 Å². The van der Waals surface area contributed by atoms with Crippen molar-refractivity contribution < 1.29 is 9.18 Å². The molecule has 0 saturated carbocycles. The van der Waals surface area contributed by atoms with Crippen LogP contribution in [0.2, 0.25) is 0 Å². The minimum absolute atomic E-state index is 0.0800. The van der Waals surface area contributed by atoms with E-state index in [4.69, 9.17) is 0 Å². The highest BCUT2D eigenvalue weighted by Crippen LogP contribution is 2.34. The topological polar surface area (TPSA) is 20.3 Å². The van der Waals surface area contributed by atoms with Gasteiger partial charge in [0.05, 0.1) is 12.5 Å². The Bertz CT molecular complexity index is 683. The maximum absolute atomic E-state index is 13.3.